The number of anilines is 1. The smallest absolute Gasteiger partial charge is 0.488 e. The van der Waals surface area contributed by atoms with Crippen molar-refractivity contribution in [2.45, 2.75) is 0 Å². The Balaban J connectivity index is 2.45. The molecule has 0 aliphatic heterocycles. The van der Waals surface area contributed by atoms with Crippen molar-refractivity contribution in [2.24, 2.45) is 4.99 Å². The van der Waals surface area contributed by atoms with Gasteiger partial charge in [0.15, 0.2) is 0 Å². The molecule has 8 heteroatoms. The third kappa shape index (κ3) is 3.68. The number of aromatic hydroxyl groups is 1. The van der Waals surface area contributed by atoms with Crippen molar-refractivity contribution in [3.8, 4) is 5.75 Å². The lowest BCUT2D eigenvalue weighted by Crippen LogP contribution is -2.30. The molecule has 5 nitrogen and oxygen atoms in total. The Morgan fingerprint density at radius 1 is 1.14 bits per heavy atom. The van der Waals surface area contributed by atoms with Gasteiger partial charge in [0.25, 0.3) is 0 Å². The minimum absolute atomic E-state index is 0.0139. The van der Waals surface area contributed by atoms with E-state index in [0.717, 1.165) is 0 Å². The van der Waals surface area contributed by atoms with E-state index in [4.69, 9.17) is 39.0 Å². The standard InChI is InChI=1S/C13H11BCl2N2O3/c15-10-6-8(19)2-4-12(10)18-13(16)9-5-7(14(20)21)1-3-11(9)17/h1-6,19-21H,17H2. The highest BCUT2D eigenvalue weighted by molar-refractivity contribution is 6.70. The van der Waals surface area contributed by atoms with Crippen LogP contribution < -0.4 is 11.2 Å². The van der Waals surface area contributed by atoms with Crippen LogP contribution in [0.15, 0.2) is 41.4 Å². The fourth-order valence-corrected chi connectivity index (χ4v) is 2.14. The normalized spacial score (nSPS) is 11.5. The van der Waals surface area contributed by atoms with Crippen LogP contribution in [0.1, 0.15) is 5.56 Å². The maximum atomic E-state index is 9.29. The van der Waals surface area contributed by atoms with Gasteiger partial charge >= 0.3 is 7.12 Å². The average Bonchev–Trinajstić information content (AvgIpc) is 2.42. The zero-order valence-electron chi connectivity index (χ0n) is 10.7. The van der Waals surface area contributed by atoms with Crippen LogP contribution in [0.2, 0.25) is 5.02 Å². The molecule has 0 aliphatic carbocycles. The SMILES string of the molecule is Nc1ccc(B(O)O)cc1C(Cl)=Nc1ccc(O)cc1Cl. The molecule has 0 saturated carbocycles. The van der Waals surface area contributed by atoms with Crippen LogP contribution in [0.3, 0.4) is 0 Å². The quantitative estimate of drug-likeness (QED) is 0.391. The molecule has 0 unspecified atom stereocenters. The number of hydrogen-bond donors (Lipinski definition) is 4. The number of halogens is 2. The van der Waals surface area contributed by atoms with E-state index in [0.29, 0.717) is 16.9 Å². The Bertz CT molecular complexity index is 708. The van der Waals surface area contributed by atoms with Crippen molar-refractivity contribution >= 4 is 52.3 Å². The van der Waals surface area contributed by atoms with E-state index in [1.807, 2.05) is 0 Å². The minimum Gasteiger partial charge on any atom is -0.508 e. The Morgan fingerprint density at radius 2 is 1.86 bits per heavy atom. The van der Waals surface area contributed by atoms with Gasteiger partial charge < -0.3 is 20.9 Å². The molecule has 0 saturated heterocycles. The van der Waals surface area contributed by atoms with Crippen molar-refractivity contribution in [2.75, 3.05) is 5.73 Å². The molecule has 0 amide bonds. The number of rotatable bonds is 3. The van der Waals surface area contributed by atoms with Crippen LogP contribution in [0.25, 0.3) is 0 Å². The molecule has 108 valence electrons. The van der Waals surface area contributed by atoms with E-state index in [1.54, 1.807) is 0 Å². The summed E-state index contributed by atoms with van der Waals surface area (Å²) < 4.78 is 0. The minimum atomic E-state index is -1.63. The Hall–Kier alpha value is -1.73. The maximum Gasteiger partial charge on any atom is 0.488 e. The third-order valence-electron chi connectivity index (χ3n) is 2.75. The molecule has 0 aromatic heterocycles. The van der Waals surface area contributed by atoms with Crippen molar-refractivity contribution < 1.29 is 15.2 Å². The highest BCUT2D eigenvalue weighted by Gasteiger charge is 2.15. The number of phenolic OH excluding ortho intramolecular Hbond substituents is 1. The fraction of sp³-hybridized carbons (Fsp3) is 0. The predicted octanol–water partition coefficient (Wildman–Crippen LogP) is 1.62. The number of aliphatic imine (C=N–C) groups is 1. The summed E-state index contributed by atoms with van der Waals surface area (Å²) in [7, 11) is -1.63. The maximum absolute atomic E-state index is 9.29. The molecular formula is C13H11BCl2N2O3. The second-order valence-electron chi connectivity index (χ2n) is 4.26. The Labute approximate surface area is 131 Å². The molecular weight excluding hydrogens is 314 g/mol. The monoisotopic (exact) mass is 324 g/mol. The van der Waals surface area contributed by atoms with Gasteiger partial charge in [-0.1, -0.05) is 35.3 Å². The molecule has 2 rings (SSSR count). The third-order valence-corrected chi connectivity index (χ3v) is 3.34. The van der Waals surface area contributed by atoms with Gasteiger partial charge in [0.2, 0.25) is 0 Å². The molecule has 0 fully saturated rings. The predicted molar refractivity (Wildman–Crippen MR) is 85.8 cm³/mol. The number of nitrogens with two attached hydrogens (primary N) is 1. The fourth-order valence-electron chi connectivity index (χ4n) is 1.67. The van der Waals surface area contributed by atoms with Crippen molar-refractivity contribution in [3.05, 3.63) is 47.0 Å². The summed E-state index contributed by atoms with van der Waals surface area (Å²) in [5.41, 5.74) is 7.09. The van der Waals surface area contributed by atoms with Gasteiger partial charge in [0.1, 0.15) is 10.9 Å². The number of hydrogen-bond acceptors (Lipinski definition) is 5. The molecule has 0 bridgehead atoms. The van der Waals surface area contributed by atoms with Gasteiger partial charge in [-0.3, -0.25) is 0 Å². The summed E-state index contributed by atoms with van der Waals surface area (Å²) in [5.74, 6) is 0.0139. The molecule has 21 heavy (non-hydrogen) atoms. The van der Waals surface area contributed by atoms with Crippen LogP contribution in [-0.4, -0.2) is 27.4 Å². The van der Waals surface area contributed by atoms with Crippen LogP contribution in [0.4, 0.5) is 11.4 Å². The van der Waals surface area contributed by atoms with Gasteiger partial charge in [0, 0.05) is 17.3 Å². The first-order valence-electron chi connectivity index (χ1n) is 5.87. The number of phenols is 1. The van der Waals surface area contributed by atoms with Gasteiger partial charge in [-0.2, -0.15) is 0 Å². The van der Waals surface area contributed by atoms with E-state index >= 15 is 0 Å². The second kappa shape index (κ2) is 6.36. The van der Waals surface area contributed by atoms with Crippen LogP contribution in [0.5, 0.6) is 5.75 Å². The lowest BCUT2D eigenvalue weighted by molar-refractivity contribution is 0.426. The zero-order chi connectivity index (χ0) is 15.6. The molecule has 2 aromatic carbocycles. The van der Waals surface area contributed by atoms with E-state index in [2.05, 4.69) is 4.99 Å². The van der Waals surface area contributed by atoms with Crippen LogP contribution in [-0.2, 0) is 0 Å². The van der Waals surface area contributed by atoms with Gasteiger partial charge in [-0.05, 0) is 23.7 Å². The van der Waals surface area contributed by atoms with E-state index in [-0.39, 0.29) is 21.4 Å². The highest BCUT2D eigenvalue weighted by Crippen LogP contribution is 2.30. The molecule has 5 N–H and O–H groups in total. The Morgan fingerprint density at radius 3 is 2.48 bits per heavy atom. The van der Waals surface area contributed by atoms with Gasteiger partial charge in [-0.25, -0.2) is 4.99 Å². The molecule has 0 atom stereocenters. The molecule has 2 aromatic rings. The van der Waals surface area contributed by atoms with Crippen molar-refractivity contribution in [1.82, 2.24) is 0 Å². The molecule has 0 radical (unpaired) electrons. The first-order chi connectivity index (χ1) is 9.88. The topological polar surface area (TPSA) is 99.1 Å². The second-order valence-corrected chi connectivity index (χ2v) is 5.02. The van der Waals surface area contributed by atoms with Crippen molar-refractivity contribution in [1.29, 1.82) is 0 Å². The van der Waals surface area contributed by atoms with Crippen molar-refractivity contribution in [3.63, 3.8) is 0 Å². The summed E-state index contributed by atoms with van der Waals surface area (Å²) in [4.78, 5) is 4.13. The van der Waals surface area contributed by atoms with Crippen LogP contribution >= 0.6 is 23.2 Å². The Kier molecular flexibility index (Phi) is 4.75. The van der Waals surface area contributed by atoms with Gasteiger partial charge in [-0.15, -0.1) is 0 Å². The van der Waals surface area contributed by atoms with Crippen LogP contribution in [0, 0.1) is 0 Å². The number of nitrogen functional groups attached to an aromatic ring is 1. The first-order valence-corrected chi connectivity index (χ1v) is 6.62. The summed E-state index contributed by atoms with van der Waals surface area (Å²) in [6.07, 6.45) is 0. The lowest BCUT2D eigenvalue weighted by atomic mass is 9.79. The van der Waals surface area contributed by atoms with E-state index in [9.17, 15) is 5.11 Å². The largest absolute Gasteiger partial charge is 0.508 e. The summed E-state index contributed by atoms with van der Waals surface area (Å²) in [6.45, 7) is 0. The van der Waals surface area contributed by atoms with Gasteiger partial charge in [0.05, 0.1) is 10.7 Å². The molecule has 0 heterocycles. The highest BCUT2D eigenvalue weighted by atomic mass is 35.5. The van der Waals surface area contributed by atoms with E-state index in [1.165, 1.54) is 36.4 Å². The van der Waals surface area contributed by atoms with E-state index < -0.39 is 7.12 Å². The summed E-state index contributed by atoms with van der Waals surface area (Å²) in [6, 6.07) is 8.66. The number of benzene rings is 2. The average molecular weight is 325 g/mol. The number of nitrogens with zero attached hydrogens (tertiary/aromatic N) is 1. The molecule has 0 spiro atoms. The summed E-state index contributed by atoms with van der Waals surface area (Å²) in [5, 5.41) is 27.9. The zero-order valence-corrected chi connectivity index (χ0v) is 12.2. The lowest BCUT2D eigenvalue weighted by Gasteiger charge is -2.07. The molecule has 0 aliphatic rings. The summed E-state index contributed by atoms with van der Waals surface area (Å²) >= 11 is 12.1. The first kappa shape index (κ1) is 15.7.